The second-order valence-electron chi connectivity index (χ2n) is 7.51. The van der Waals surface area contributed by atoms with Crippen LogP contribution in [0.2, 0.25) is 0 Å². The van der Waals surface area contributed by atoms with Gasteiger partial charge in [0.05, 0.1) is 5.75 Å². The van der Waals surface area contributed by atoms with Crippen molar-refractivity contribution in [1.29, 1.82) is 0 Å². The van der Waals surface area contributed by atoms with Gasteiger partial charge >= 0.3 is 0 Å². The topological polar surface area (TPSA) is 103 Å². The van der Waals surface area contributed by atoms with Crippen molar-refractivity contribution >= 4 is 28.2 Å². The number of nitrogens with zero attached hydrogens (tertiary/aromatic N) is 2. The molecule has 1 aromatic heterocycles. The highest BCUT2D eigenvalue weighted by Crippen LogP contribution is 2.51. The molecule has 1 aliphatic carbocycles. The van der Waals surface area contributed by atoms with Crippen LogP contribution < -0.4 is 5.73 Å². The van der Waals surface area contributed by atoms with Gasteiger partial charge in [-0.1, -0.05) is 6.42 Å². The third-order valence-electron chi connectivity index (χ3n) is 5.85. The number of nitrogens with two attached hydrogens (primary N) is 1. The molecular formula is C18H28ClN3O4S. The fourth-order valence-electron chi connectivity index (χ4n) is 4.73. The van der Waals surface area contributed by atoms with E-state index in [1.54, 1.807) is 19.4 Å². The number of carbonyl (C=O) groups excluding carboxylic acids is 1. The van der Waals surface area contributed by atoms with Crippen molar-refractivity contribution in [2.75, 3.05) is 38.8 Å². The molecular weight excluding hydrogens is 390 g/mol. The number of piperidine rings is 1. The summed E-state index contributed by atoms with van der Waals surface area (Å²) >= 11 is 0. The predicted octanol–water partition coefficient (Wildman–Crippen LogP) is 1.22. The summed E-state index contributed by atoms with van der Waals surface area (Å²) in [5.74, 6) is 0.104. The molecule has 0 aromatic carbocycles. The third-order valence-corrected chi connectivity index (χ3v) is 6.78. The monoisotopic (exact) mass is 417 g/mol. The molecule has 1 aromatic rings. The van der Waals surface area contributed by atoms with E-state index in [1.807, 2.05) is 6.07 Å². The third kappa shape index (κ3) is 4.45. The first kappa shape index (κ1) is 22.1. The van der Waals surface area contributed by atoms with Crippen molar-refractivity contribution in [3.05, 3.63) is 29.6 Å². The number of hydrogen-bond acceptors (Lipinski definition) is 6. The second-order valence-corrected chi connectivity index (χ2v) is 9.77. The number of aromatic nitrogens is 1. The minimum absolute atomic E-state index is 0. The van der Waals surface area contributed by atoms with Crippen molar-refractivity contribution in [1.82, 2.24) is 9.88 Å². The molecule has 0 unspecified atom stereocenters. The van der Waals surface area contributed by atoms with Gasteiger partial charge in [0.1, 0.15) is 21.1 Å². The lowest BCUT2D eigenvalue weighted by Crippen LogP contribution is -2.59. The van der Waals surface area contributed by atoms with Crippen LogP contribution in [0.1, 0.15) is 35.3 Å². The van der Waals surface area contributed by atoms with Crippen LogP contribution in [0.25, 0.3) is 0 Å². The van der Waals surface area contributed by atoms with Gasteiger partial charge in [-0.3, -0.25) is 9.78 Å². The molecule has 2 heterocycles. The number of hydrogen-bond donors (Lipinski definition) is 1. The first-order chi connectivity index (χ1) is 12.3. The average Bonchev–Trinajstić information content (AvgIpc) is 2.58. The van der Waals surface area contributed by atoms with Gasteiger partial charge in [-0.05, 0) is 30.5 Å². The molecule has 2 fully saturated rings. The van der Waals surface area contributed by atoms with Crippen molar-refractivity contribution < 1.29 is 17.9 Å². The molecule has 152 valence electrons. The molecule has 1 aliphatic heterocycles. The van der Waals surface area contributed by atoms with Gasteiger partial charge in [0, 0.05) is 51.0 Å². The van der Waals surface area contributed by atoms with Gasteiger partial charge < -0.3 is 15.4 Å². The van der Waals surface area contributed by atoms with Crippen LogP contribution in [0, 0.1) is 11.8 Å². The maximum Gasteiger partial charge on any atom is 0.267 e. The smallest absolute Gasteiger partial charge is 0.267 e. The van der Waals surface area contributed by atoms with Gasteiger partial charge in [-0.2, -0.15) is 0 Å². The van der Waals surface area contributed by atoms with Crippen molar-refractivity contribution in [3.8, 4) is 0 Å². The Labute approximate surface area is 167 Å². The van der Waals surface area contributed by atoms with Crippen LogP contribution in [0.15, 0.2) is 18.3 Å². The first-order valence-electron chi connectivity index (χ1n) is 8.98. The Balaban J connectivity index is 0.00000261. The van der Waals surface area contributed by atoms with E-state index in [2.05, 4.69) is 9.88 Å². The molecule has 2 bridgehead atoms. The summed E-state index contributed by atoms with van der Waals surface area (Å²) in [4.78, 5) is 17.9. The Kier molecular flexibility index (Phi) is 6.89. The lowest BCUT2D eigenvalue weighted by Gasteiger charge is -2.55. The minimum atomic E-state index is -2.98. The zero-order valence-corrected chi connectivity index (χ0v) is 17.4. The largest absolute Gasteiger partial charge is 0.373 e. The number of rotatable bonds is 6. The predicted molar refractivity (Wildman–Crippen MR) is 106 cm³/mol. The number of amides is 1. The van der Waals surface area contributed by atoms with Gasteiger partial charge in [0.25, 0.3) is 5.91 Å². The fraction of sp³-hybridized carbons (Fsp3) is 0.667. The number of carbonyl (C=O) groups is 1. The Morgan fingerprint density at radius 1 is 1.37 bits per heavy atom. The SMILES string of the molecule is CO[C@@]1(c2ccnc(C(N)=O)c2)[C@@H]2CCC[C@H]1CN(CCS(C)(=O)=O)C2.Cl. The molecule has 0 spiro atoms. The van der Waals surface area contributed by atoms with Gasteiger partial charge in [0.15, 0.2) is 0 Å². The van der Waals surface area contributed by atoms with E-state index < -0.39 is 21.3 Å². The molecule has 7 nitrogen and oxygen atoms in total. The average molecular weight is 418 g/mol. The lowest BCUT2D eigenvalue weighted by atomic mass is 9.62. The van der Waals surface area contributed by atoms with Crippen LogP contribution in [-0.4, -0.2) is 63.0 Å². The Hall–Kier alpha value is -1.22. The highest BCUT2D eigenvalue weighted by molar-refractivity contribution is 7.90. The molecule has 3 rings (SSSR count). The van der Waals surface area contributed by atoms with Crippen LogP contribution in [-0.2, 0) is 20.2 Å². The maximum absolute atomic E-state index is 11.6. The van der Waals surface area contributed by atoms with E-state index in [9.17, 15) is 13.2 Å². The number of sulfone groups is 1. The zero-order chi connectivity index (χ0) is 18.9. The number of primary amides is 1. The number of fused-ring (bicyclic) bond motifs is 2. The van der Waals surface area contributed by atoms with Crippen molar-refractivity contribution in [2.45, 2.75) is 24.9 Å². The second kappa shape index (κ2) is 8.43. The van der Waals surface area contributed by atoms with Crippen LogP contribution >= 0.6 is 12.4 Å². The summed E-state index contributed by atoms with van der Waals surface area (Å²) in [5, 5.41) is 0. The molecule has 3 atom stereocenters. The maximum atomic E-state index is 11.6. The number of likely N-dealkylation sites (tertiary alicyclic amines) is 1. The van der Waals surface area contributed by atoms with Crippen molar-refractivity contribution in [2.24, 2.45) is 17.6 Å². The molecule has 1 amide bonds. The molecule has 9 heteroatoms. The van der Waals surface area contributed by atoms with E-state index in [0.717, 1.165) is 37.9 Å². The Bertz CT molecular complexity index is 773. The van der Waals surface area contributed by atoms with Gasteiger partial charge in [0.2, 0.25) is 0 Å². The molecule has 2 aliphatic rings. The normalized spacial score (nSPS) is 28.4. The fourth-order valence-corrected chi connectivity index (χ4v) is 5.32. The number of pyridine rings is 1. The quantitative estimate of drug-likeness (QED) is 0.746. The highest BCUT2D eigenvalue weighted by atomic mass is 35.5. The summed E-state index contributed by atoms with van der Waals surface area (Å²) in [6.45, 7) is 2.12. The van der Waals surface area contributed by atoms with Crippen LogP contribution in [0.4, 0.5) is 0 Å². The number of halogens is 1. The zero-order valence-electron chi connectivity index (χ0n) is 15.8. The summed E-state index contributed by atoms with van der Waals surface area (Å²) < 4.78 is 29.2. The number of methoxy groups -OCH3 is 1. The number of ether oxygens (including phenoxy) is 1. The summed E-state index contributed by atoms with van der Waals surface area (Å²) in [6.07, 6.45) is 6.04. The molecule has 2 N–H and O–H groups in total. The minimum Gasteiger partial charge on any atom is -0.373 e. The van der Waals surface area contributed by atoms with E-state index >= 15 is 0 Å². The summed E-state index contributed by atoms with van der Waals surface area (Å²) in [7, 11) is -1.26. The van der Waals surface area contributed by atoms with Crippen LogP contribution in [0.5, 0.6) is 0 Å². The van der Waals surface area contributed by atoms with E-state index in [0.29, 0.717) is 6.54 Å². The van der Waals surface area contributed by atoms with E-state index in [1.165, 1.54) is 6.26 Å². The summed E-state index contributed by atoms with van der Waals surface area (Å²) in [5.41, 5.74) is 6.12. The molecule has 0 radical (unpaired) electrons. The summed E-state index contributed by atoms with van der Waals surface area (Å²) in [6, 6.07) is 3.66. The highest BCUT2D eigenvalue weighted by Gasteiger charge is 2.53. The van der Waals surface area contributed by atoms with E-state index in [4.69, 9.17) is 10.5 Å². The van der Waals surface area contributed by atoms with Crippen LogP contribution in [0.3, 0.4) is 0 Å². The lowest BCUT2D eigenvalue weighted by molar-refractivity contribution is -0.168. The van der Waals surface area contributed by atoms with Crippen molar-refractivity contribution in [3.63, 3.8) is 0 Å². The first-order valence-corrected chi connectivity index (χ1v) is 11.0. The molecule has 1 saturated carbocycles. The Morgan fingerprint density at radius 3 is 2.52 bits per heavy atom. The van der Waals surface area contributed by atoms with Gasteiger partial charge in [-0.15, -0.1) is 12.4 Å². The van der Waals surface area contributed by atoms with Gasteiger partial charge in [-0.25, -0.2) is 8.42 Å². The standard InChI is InChI=1S/C18H27N3O4S.ClH/c1-25-18(13-6-7-20-16(10-13)17(19)22)14-4-3-5-15(18)12-21(11-14)8-9-26(2,23)24;/h6-7,10,14-15H,3-5,8-9,11-12H2,1-2H3,(H2,19,22);1H/t14-,15+,18+;. The molecule has 1 saturated heterocycles. The van der Waals surface area contributed by atoms with E-state index in [-0.39, 0.29) is 35.7 Å². The molecule has 27 heavy (non-hydrogen) atoms. The Morgan fingerprint density at radius 2 is 2.00 bits per heavy atom.